The molecular formula is C6H3S4. The van der Waals surface area contributed by atoms with Gasteiger partial charge in [-0.2, -0.15) is 0 Å². The van der Waals surface area contributed by atoms with Gasteiger partial charge in [0.05, 0.1) is 8.47 Å². The Kier molecular flexibility index (Phi) is 2.43. The Hall–Kier alpha value is 0.620. The highest BCUT2D eigenvalue weighted by Crippen LogP contribution is 2.49. The Morgan fingerprint density at radius 2 is 1.80 bits per heavy atom. The average molecular weight is 203 g/mol. The first-order valence-corrected chi connectivity index (χ1v) is 6.06. The summed E-state index contributed by atoms with van der Waals surface area (Å²) in [5, 5.41) is 9.33. The number of hydrogen-bond acceptors (Lipinski definition) is 4. The summed E-state index contributed by atoms with van der Waals surface area (Å²) in [5.74, 6) is 0. The van der Waals surface area contributed by atoms with Crippen molar-refractivity contribution in [3.05, 3.63) is 30.1 Å². The number of rotatable bonds is 0. The molecule has 0 aromatic heterocycles. The minimum atomic E-state index is 1.38. The largest absolute Gasteiger partial charge is 0.0884 e. The van der Waals surface area contributed by atoms with Crippen molar-refractivity contribution in [3.8, 4) is 0 Å². The van der Waals surface area contributed by atoms with Crippen LogP contribution in [0.5, 0.6) is 0 Å². The van der Waals surface area contributed by atoms with Crippen LogP contribution in [0.2, 0.25) is 0 Å². The standard InChI is InChI=1S/C6H3S4/c1-2-8-5(7-1)6-9-3-4-10-6/h1-3H. The first-order chi connectivity index (χ1) is 4.97. The van der Waals surface area contributed by atoms with Crippen LogP contribution in [0.3, 0.4) is 0 Å². The van der Waals surface area contributed by atoms with Crippen LogP contribution in [0.1, 0.15) is 0 Å². The van der Waals surface area contributed by atoms with Crippen molar-refractivity contribution in [1.82, 2.24) is 0 Å². The Morgan fingerprint density at radius 3 is 2.40 bits per heavy atom. The SMILES string of the molecule is [C]1=CSC(=C2SC=CS2)S1. The van der Waals surface area contributed by atoms with Gasteiger partial charge >= 0.3 is 0 Å². The highest BCUT2D eigenvalue weighted by molar-refractivity contribution is 8.32. The molecule has 0 amide bonds. The van der Waals surface area contributed by atoms with Gasteiger partial charge in [-0.05, 0) is 16.2 Å². The molecule has 51 valence electrons. The van der Waals surface area contributed by atoms with Gasteiger partial charge in [0.2, 0.25) is 0 Å². The summed E-state index contributed by atoms with van der Waals surface area (Å²) in [4.78, 5) is 0. The Morgan fingerprint density at radius 1 is 1.00 bits per heavy atom. The van der Waals surface area contributed by atoms with Gasteiger partial charge in [-0.15, -0.1) is 0 Å². The van der Waals surface area contributed by atoms with E-state index < -0.39 is 0 Å². The van der Waals surface area contributed by atoms with Gasteiger partial charge in [0.25, 0.3) is 0 Å². The lowest BCUT2D eigenvalue weighted by Crippen LogP contribution is -1.62. The van der Waals surface area contributed by atoms with Crippen LogP contribution in [0.25, 0.3) is 0 Å². The molecule has 0 N–H and O–H groups in total. The van der Waals surface area contributed by atoms with Crippen LogP contribution in [0, 0.1) is 5.41 Å². The molecule has 0 aromatic carbocycles. The summed E-state index contributed by atoms with van der Waals surface area (Å²) in [6.45, 7) is 0. The summed E-state index contributed by atoms with van der Waals surface area (Å²) < 4.78 is 2.77. The lowest BCUT2D eigenvalue weighted by Gasteiger charge is -1.96. The molecule has 0 unspecified atom stereocenters. The fraction of sp³-hybridized carbons (Fsp3) is 0. The lowest BCUT2D eigenvalue weighted by molar-refractivity contribution is 2.37. The van der Waals surface area contributed by atoms with Crippen LogP contribution in [-0.4, -0.2) is 0 Å². The second-order valence-corrected chi connectivity index (χ2v) is 5.62. The van der Waals surface area contributed by atoms with Gasteiger partial charge in [-0.25, -0.2) is 0 Å². The van der Waals surface area contributed by atoms with E-state index in [4.69, 9.17) is 0 Å². The van der Waals surface area contributed by atoms with E-state index >= 15 is 0 Å². The van der Waals surface area contributed by atoms with Gasteiger partial charge in [0.1, 0.15) is 0 Å². The monoisotopic (exact) mass is 203 g/mol. The molecule has 2 aliphatic heterocycles. The van der Waals surface area contributed by atoms with Gasteiger partial charge in [0.15, 0.2) is 0 Å². The van der Waals surface area contributed by atoms with Crippen molar-refractivity contribution in [3.63, 3.8) is 0 Å². The van der Waals surface area contributed by atoms with E-state index in [1.165, 1.54) is 8.47 Å². The van der Waals surface area contributed by atoms with Crippen molar-refractivity contribution in [2.24, 2.45) is 0 Å². The van der Waals surface area contributed by atoms with E-state index in [0.29, 0.717) is 0 Å². The third kappa shape index (κ3) is 1.44. The molecule has 10 heavy (non-hydrogen) atoms. The molecule has 0 saturated carbocycles. The summed E-state index contributed by atoms with van der Waals surface area (Å²) in [6.07, 6.45) is 0. The molecule has 0 nitrogen and oxygen atoms in total. The highest BCUT2D eigenvalue weighted by atomic mass is 32.2. The minimum Gasteiger partial charge on any atom is -0.0884 e. The predicted octanol–water partition coefficient (Wildman–Crippen LogP) is 3.82. The van der Waals surface area contributed by atoms with Crippen molar-refractivity contribution in [1.29, 1.82) is 0 Å². The first-order valence-electron chi connectivity index (χ1n) is 2.60. The fourth-order valence-electron chi connectivity index (χ4n) is 0.572. The third-order valence-electron chi connectivity index (χ3n) is 0.938. The van der Waals surface area contributed by atoms with E-state index in [2.05, 4.69) is 16.2 Å². The molecule has 0 aromatic rings. The van der Waals surface area contributed by atoms with Crippen molar-refractivity contribution in [2.75, 3.05) is 0 Å². The molecule has 0 spiro atoms. The third-order valence-corrected chi connectivity index (χ3v) is 5.55. The predicted molar refractivity (Wildman–Crippen MR) is 54.3 cm³/mol. The summed E-state index contributed by atoms with van der Waals surface area (Å²) in [5.41, 5.74) is 0. The Labute approximate surface area is 77.0 Å². The molecule has 0 aliphatic carbocycles. The highest BCUT2D eigenvalue weighted by Gasteiger charge is 2.12. The van der Waals surface area contributed by atoms with Crippen molar-refractivity contribution >= 4 is 47.0 Å². The van der Waals surface area contributed by atoms with Crippen LogP contribution < -0.4 is 0 Å². The molecule has 0 saturated heterocycles. The summed E-state index contributed by atoms with van der Waals surface area (Å²) in [6, 6.07) is 0. The van der Waals surface area contributed by atoms with E-state index in [-0.39, 0.29) is 0 Å². The molecule has 1 radical (unpaired) electrons. The van der Waals surface area contributed by atoms with E-state index in [1.54, 1.807) is 47.0 Å². The Bertz CT molecular complexity index is 182. The van der Waals surface area contributed by atoms with E-state index in [1.807, 2.05) is 5.41 Å². The van der Waals surface area contributed by atoms with Crippen molar-refractivity contribution < 1.29 is 0 Å². The van der Waals surface area contributed by atoms with E-state index in [0.717, 1.165) is 0 Å². The zero-order valence-electron chi connectivity index (χ0n) is 4.87. The van der Waals surface area contributed by atoms with E-state index in [9.17, 15) is 0 Å². The van der Waals surface area contributed by atoms with Gasteiger partial charge in [-0.1, -0.05) is 47.0 Å². The molecule has 2 heterocycles. The maximum absolute atomic E-state index is 3.09. The normalized spacial score (nSPS) is 23.2. The quantitative estimate of drug-likeness (QED) is 0.586. The maximum Gasteiger partial charge on any atom is 0.0700 e. The van der Waals surface area contributed by atoms with Gasteiger partial charge in [-0.3, -0.25) is 0 Å². The molecule has 0 bridgehead atoms. The second kappa shape index (κ2) is 3.34. The number of hydrogen-bond donors (Lipinski definition) is 0. The van der Waals surface area contributed by atoms with Crippen LogP contribution in [0.4, 0.5) is 0 Å². The average Bonchev–Trinajstić information content (AvgIpc) is 2.59. The van der Waals surface area contributed by atoms with Crippen LogP contribution in [0.15, 0.2) is 24.7 Å². The molecule has 2 rings (SSSR count). The molecular weight excluding hydrogens is 200 g/mol. The topological polar surface area (TPSA) is 0 Å². The van der Waals surface area contributed by atoms with Crippen molar-refractivity contribution in [2.45, 2.75) is 0 Å². The first kappa shape index (κ1) is 7.28. The zero-order valence-corrected chi connectivity index (χ0v) is 8.13. The summed E-state index contributed by atoms with van der Waals surface area (Å²) in [7, 11) is 0. The fourth-order valence-corrected chi connectivity index (χ4v) is 4.39. The van der Waals surface area contributed by atoms with Crippen LogP contribution in [-0.2, 0) is 0 Å². The Balaban J connectivity index is 2.14. The van der Waals surface area contributed by atoms with Crippen LogP contribution >= 0.6 is 47.0 Å². The molecule has 2 aliphatic rings. The maximum atomic E-state index is 3.09. The minimum absolute atomic E-state index is 1.38. The number of thioether (sulfide) groups is 4. The molecule has 0 atom stereocenters. The molecule has 4 heteroatoms. The van der Waals surface area contributed by atoms with Gasteiger partial charge in [0, 0.05) is 5.41 Å². The second-order valence-electron chi connectivity index (χ2n) is 1.54. The lowest BCUT2D eigenvalue weighted by atomic mass is 11.2. The summed E-state index contributed by atoms with van der Waals surface area (Å²) >= 11 is 7.06. The molecule has 0 fully saturated rings. The van der Waals surface area contributed by atoms with Gasteiger partial charge < -0.3 is 0 Å². The smallest absolute Gasteiger partial charge is 0.0700 e. The zero-order chi connectivity index (χ0) is 6.81.